The molecule has 0 heteroatoms. The first-order valence-corrected chi connectivity index (χ1v) is 5.69. The topological polar surface area (TPSA) is 0 Å². The minimum atomic E-state index is 0.959. The highest BCUT2D eigenvalue weighted by molar-refractivity contribution is 5.74. The molecule has 2 aromatic rings. The van der Waals surface area contributed by atoms with E-state index in [9.17, 15) is 0 Å². The Morgan fingerprint density at radius 1 is 0.882 bits per heavy atom. The van der Waals surface area contributed by atoms with Crippen molar-refractivity contribution in [2.24, 2.45) is 0 Å². The quantitative estimate of drug-likeness (QED) is 0.648. The molecular formula is C17H16. The van der Waals surface area contributed by atoms with Gasteiger partial charge in [-0.25, -0.2) is 0 Å². The van der Waals surface area contributed by atoms with Crippen LogP contribution < -0.4 is 0 Å². The molecule has 0 fully saturated rings. The Hall–Kier alpha value is -2.08. The zero-order chi connectivity index (χ0) is 12.3. The van der Waals surface area contributed by atoms with Crippen molar-refractivity contribution in [1.82, 2.24) is 0 Å². The van der Waals surface area contributed by atoms with E-state index in [0.717, 1.165) is 11.1 Å². The summed E-state index contributed by atoms with van der Waals surface area (Å²) in [6, 6.07) is 17.0. The Morgan fingerprint density at radius 2 is 1.35 bits per heavy atom. The SMILES string of the molecule is C=CC(=C)c1ccc(-c2ccc(C)cc2)cc1. The molecule has 2 rings (SSSR count). The van der Waals surface area contributed by atoms with E-state index >= 15 is 0 Å². The van der Waals surface area contributed by atoms with E-state index in [1.165, 1.54) is 16.7 Å². The monoisotopic (exact) mass is 220 g/mol. The Kier molecular flexibility index (Phi) is 3.24. The number of hydrogen-bond acceptors (Lipinski definition) is 0. The zero-order valence-corrected chi connectivity index (χ0v) is 10.1. The third kappa shape index (κ3) is 2.54. The highest BCUT2D eigenvalue weighted by Crippen LogP contribution is 2.22. The predicted octanol–water partition coefficient (Wildman–Crippen LogP) is 4.86. The fourth-order valence-corrected chi connectivity index (χ4v) is 1.74. The summed E-state index contributed by atoms with van der Waals surface area (Å²) in [7, 11) is 0. The van der Waals surface area contributed by atoms with Crippen molar-refractivity contribution in [3.8, 4) is 11.1 Å². The van der Waals surface area contributed by atoms with Crippen molar-refractivity contribution in [1.29, 1.82) is 0 Å². The van der Waals surface area contributed by atoms with Gasteiger partial charge in [-0.3, -0.25) is 0 Å². The van der Waals surface area contributed by atoms with Crippen LogP contribution in [-0.4, -0.2) is 0 Å². The van der Waals surface area contributed by atoms with Crippen LogP contribution in [0.25, 0.3) is 16.7 Å². The first-order chi connectivity index (χ1) is 8.20. The van der Waals surface area contributed by atoms with Crippen LogP contribution in [0.15, 0.2) is 67.8 Å². The maximum atomic E-state index is 3.94. The smallest absolute Gasteiger partial charge is 0.0184 e. The van der Waals surface area contributed by atoms with Crippen LogP contribution in [0.2, 0.25) is 0 Å². The average Bonchev–Trinajstić information content (AvgIpc) is 2.39. The van der Waals surface area contributed by atoms with Gasteiger partial charge in [-0.1, -0.05) is 73.3 Å². The summed E-state index contributed by atoms with van der Waals surface area (Å²) in [5.41, 5.74) is 5.83. The summed E-state index contributed by atoms with van der Waals surface area (Å²) in [6.45, 7) is 9.77. The molecule has 0 aliphatic rings. The molecule has 17 heavy (non-hydrogen) atoms. The molecular weight excluding hydrogens is 204 g/mol. The lowest BCUT2D eigenvalue weighted by molar-refractivity contribution is 1.47. The second-order valence-corrected chi connectivity index (χ2v) is 4.17. The molecule has 0 bridgehead atoms. The first kappa shape index (κ1) is 11.4. The van der Waals surface area contributed by atoms with Gasteiger partial charge in [0.25, 0.3) is 0 Å². The molecule has 0 aliphatic carbocycles. The lowest BCUT2D eigenvalue weighted by atomic mass is 10.0. The molecule has 0 amide bonds. The molecule has 0 saturated carbocycles. The highest BCUT2D eigenvalue weighted by atomic mass is 14.0. The summed E-state index contributed by atoms with van der Waals surface area (Å²) in [5, 5.41) is 0. The molecule has 0 saturated heterocycles. The molecule has 2 aromatic carbocycles. The van der Waals surface area contributed by atoms with E-state index in [-0.39, 0.29) is 0 Å². The van der Waals surface area contributed by atoms with Crippen LogP contribution in [0.5, 0.6) is 0 Å². The van der Waals surface area contributed by atoms with Crippen LogP contribution in [0.3, 0.4) is 0 Å². The molecule has 0 aromatic heterocycles. The molecule has 0 aliphatic heterocycles. The van der Waals surface area contributed by atoms with E-state index in [2.05, 4.69) is 68.6 Å². The van der Waals surface area contributed by atoms with E-state index in [0.29, 0.717) is 0 Å². The fourth-order valence-electron chi connectivity index (χ4n) is 1.74. The standard InChI is InChI=1S/C17H16/c1-4-14(3)15-9-11-17(12-10-15)16-7-5-13(2)6-8-16/h4-12H,1,3H2,2H3. The van der Waals surface area contributed by atoms with Crippen molar-refractivity contribution < 1.29 is 0 Å². The van der Waals surface area contributed by atoms with E-state index in [4.69, 9.17) is 0 Å². The van der Waals surface area contributed by atoms with E-state index in [1.807, 2.05) is 0 Å². The number of benzene rings is 2. The molecule has 0 unspecified atom stereocenters. The van der Waals surface area contributed by atoms with Gasteiger partial charge in [0, 0.05) is 0 Å². The molecule has 0 nitrogen and oxygen atoms in total. The van der Waals surface area contributed by atoms with Gasteiger partial charge in [0.1, 0.15) is 0 Å². The third-order valence-electron chi connectivity index (χ3n) is 2.89. The largest absolute Gasteiger partial charge is 0.0985 e. The molecule has 84 valence electrons. The van der Waals surface area contributed by atoms with Crippen molar-refractivity contribution in [2.45, 2.75) is 6.92 Å². The third-order valence-corrected chi connectivity index (χ3v) is 2.89. The summed E-state index contributed by atoms with van der Waals surface area (Å²) < 4.78 is 0. The second kappa shape index (κ2) is 4.84. The van der Waals surface area contributed by atoms with Crippen molar-refractivity contribution in [3.05, 3.63) is 78.9 Å². The average molecular weight is 220 g/mol. The van der Waals surface area contributed by atoms with Gasteiger partial charge in [-0.2, -0.15) is 0 Å². The molecule has 0 spiro atoms. The Morgan fingerprint density at radius 3 is 1.82 bits per heavy atom. The number of hydrogen-bond donors (Lipinski definition) is 0. The van der Waals surface area contributed by atoms with Gasteiger partial charge in [0.2, 0.25) is 0 Å². The summed E-state index contributed by atoms with van der Waals surface area (Å²) in [6.07, 6.45) is 1.78. The fraction of sp³-hybridized carbons (Fsp3) is 0.0588. The minimum Gasteiger partial charge on any atom is -0.0985 e. The maximum absolute atomic E-state index is 3.94. The van der Waals surface area contributed by atoms with Crippen molar-refractivity contribution in [3.63, 3.8) is 0 Å². The maximum Gasteiger partial charge on any atom is -0.0184 e. The van der Waals surface area contributed by atoms with Gasteiger partial charge in [0.05, 0.1) is 0 Å². The molecule has 0 N–H and O–H groups in total. The Labute approximate surface area is 103 Å². The molecule has 0 atom stereocenters. The number of allylic oxidation sites excluding steroid dienone is 2. The zero-order valence-electron chi connectivity index (χ0n) is 10.1. The number of aryl methyl sites for hydroxylation is 1. The van der Waals surface area contributed by atoms with E-state index < -0.39 is 0 Å². The van der Waals surface area contributed by atoms with Crippen LogP contribution in [0.1, 0.15) is 11.1 Å². The molecule has 0 heterocycles. The summed E-state index contributed by atoms with van der Waals surface area (Å²) in [4.78, 5) is 0. The van der Waals surface area contributed by atoms with E-state index in [1.54, 1.807) is 6.08 Å². The lowest BCUT2D eigenvalue weighted by Crippen LogP contribution is -1.81. The van der Waals surface area contributed by atoms with Crippen LogP contribution in [0, 0.1) is 6.92 Å². The van der Waals surface area contributed by atoms with Crippen molar-refractivity contribution in [2.75, 3.05) is 0 Å². The van der Waals surface area contributed by atoms with Crippen LogP contribution in [-0.2, 0) is 0 Å². The van der Waals surface area contributed by atoms with Gasteiger partial charge in [0.15, 0.2) is 0 Å². The molecule has 0 radical (unpaired) electrons. The predicted molar refractivity (Wildman–Crippen MR) is 75.8 cm³/mol. The second-order valence-electron chi connectivity index (χ2n) is 4.17. The van der Waals surface area contributed by atoms with Crippen LogP contribution in [0.4, 0.5) is 0 Å². The Bertz CT molecular complexity index is 527. The van der Waals surface area contributed by atoms with Gasteiger partial charge < -0.3 is 0 Å². The van der Waals surface area contributed by atoms with Crippen molar-refractivity contribution >= 4 is 5.57 Å². The minimum absolute atomic E-state index is 0.959. The van der Waals surface area contributed by atoms with Gasteiger partial charge in [-0.05, 0) is 29.2 Å². The summed E-state index contributed by atoms with van der Waals surface area (Å²) >= 11 is 0. The lowest BCUT2D eigenvalue weighted by Gasteiger charge is -2.05. The first-order valence-electron chi connectivity index (χ1n) is 5.69. The van der Waals surface area contributed by atoms with Gasteiger partial charge in [-0.15, -0.1) is 0 Å². The number of rotatable bonds is 3. The van der Waals surface area contributed by atoms with Gasteiger partial charge >= 0.3 is 0 Å². The normalized spacial score (nSPS) is 9.94. The highest BCUT2D eigenvalue weighted by Gasteiger charge is 1.98. The Balaban J connectivity index is 2.32. The summed E-state index contributed by atoms with van der Waals surface area (Å²) in [5.74, 6) is 0. The van der Waals surface area contributed by atoms with Crippen LogP contribution >= 0.6 is 0 Å².